The Bertz CT molecular complexity index is 623. The van der Waals surface area contributed by atoms with Crippen molar-refractivity contribution in [2.45, 2.75) is 13.5 Å². The van der Waals surface area contributed by atoms with E-state index in [1.165, 1.54) is 24.4 Å². The summed E-state index contributed by atoms with van der Waals surface area (Å²) in [7, 11) is 1.31. The lowest BCUT2D eigenvalue weighted by Gasteiger charge is -2.10. The van der Waals surface area contributed by atoms with Crippen molar-refractivity contribution in [1.29, 1.82) is 0 Å². The largest absolute Gasteiger partial charge is 0.465 e. The minimum atomic E-state index is -0.447. The molecular formula is C13H14N4O3. The molecule has 104 valence electrons. The fourth-order valence-corrected chi connectivity index (χ4v) is 1.65. The Hall–Kier alpha value is -2.70. The van der Waals surface area contributed by atoms with Gasteiger partial charge >= 0.3 is 5.97 Å². The SMILES string of the molecule is COC(=O)c1ccc(C)c(NC(=O)Cn2cncn2)c1. The number of methoxy groups -OCH3 is 1. The highest BCUT2D eigenvalue weighted by Crippen LogP contribution is 2.17. The number of hydrogen-bond donors (Lipinski definition) is 1. The molecule has 1 N–H and O–H groups in total. The van der Waals surface area contributed by atoms with Gasteiger partial charge in [0, 0.05) is 5.69 Å². The Morgan fingerprint density at radius 2 is 2.20 bits per heavy atom. The van der Waals surface area contributed by atoms with Gasteiger partial charge in [-0.1, -0.05) is 6.07 Å². The number of anilines is 1. The maximum Gasteiger partial charge on any atom is 0.337 e. The van der Waals surface area contributed by atoms with Gasteiger partial charge < -0.3 is 10.1 Å². The standard InChI is InChI=1S/C13H14N4O3/c1-9-3-4-10(13(19)20-2)5-11(9)16-12(18)6-17-8-14-7-15-17/h3-5,7-8H,6H2,1-2H3,(H,16,18). The molecule has 0 aliphatic rings. The van der Waals surface area contributed by atoms with E-state index in [1.54, 1.807) is 18.2 Å². The summed E-state index contributed by atoms with van der Waals surface area (Å²) in [6.07, 6.45) is 2.81. The molecule has 0 atom stereocenters. The minimum absolute atomic E-state index is 0.0574. The van der Waals surface area contributed by atoms with Crippen LogP contribution in [0.3, 0.4) is 0 Å². The van der Waals surface area contributed by atoms with Gasteiger partial charge in [0.1, 0.15) is 19.2 Å². The van der Waals surface area contributed by atoms with Crippen LogP contribution in [-0.4, -0.2) is 33.8 Å². The Morgan fingerprint density at radius 3 is 2.85 bits per heavy atom. The number of aromatic nitrogens is 3. The van der Waals surface area contributed by atoms with Gasteiger partial charge in [-0.05, 0) is 24.6 Å². The predicted molar refractivity (Wildman–Crippen MR) is 71.2 cm³/mol. The van der Waals surface area contributed by atoms with Crippen LogP contribution in [0.4, 0.5) is 5.69 Å². The summed E-state index contributed by atoms with van der Waals surface area (Å²) in [5.41, 5.74) is 1.80. The average molecular weight is 274 g/mol. The molecule has 1 heterocycles. The molecule has 2 rings (SSSR count). The third kappa shape index (κ3) is 3.19. The number of esters is 1. The molecule has 0 spiro atoms. The van der Waals surface area contributed by atoms with Crippen LogP contribution in [0.5, 0.6) is 0 Å². The average Bonchev–Trinajstić information content (AvgIpc) is 2.93. The lowest BCUT2D eigenvalue weighted by Crippen LogP contribution is -2.19. The third-order valence-electron chi connectivity index (χ3n) is 2.70. The van der Waals surface area contributed by atoms with Crippen LogP contribution in [0.1, 0.15) is 15.9 Å². The molecule has 7 nitrogen and oxygen atoms in total. The van der Waals surface area contributed by atoms with Crippen LogP contribution in [0.2, 0.25) is 0 Å². The number of benzene rings is 1. The highest BCUT2D eigenvalue weighted by Gasteiger charge is 2.10. The van der Waals surface area contributed by atoms with E-state index in [0.29, 0.717) is 11.3 Å². The van der Waals surface area contributed by atoms with E-state index in [-0.39, 0.29) is 12.5 Å². The van der Waals surface area contributed by atoms with Crippen LogP contribution in [0.25, 0.3) is 0 Å². The molecule has 0 bridgehead atoms. The van der Waals surface area contributed by atoms with Gasteiger partial charge in [-0.3, -0.25) is 4.79 Å². The number of hydrogen-bond acceptors (Lipinski definition) is 5. The Balaban J connectivity index is 2.12. The number of ether oxygens (including phenoxy) is 1. The smallest absolute Gasteiger partial charge is 0.337 e. The minimum Gasteiger partial charge on any atom is -0.465 e. The molecule has 0 aliphatic carbocycles. The molecule has 1 aromatic heterocycles. The van der Waals surface area contributed by atoms with Crippen LogP contribution < -0.4 is 5.32 Å². The van der Waals surface area contributed by atoms with E-state index in [1.807, 2.05) is 6.92 Å². The first-order chi connectivity index (χ1) is 9.60. The van der Waals surface area contributed by atoms with Crippen molar-refractivity contribution in [3.8, 4) is 0 Å². The number of carbonyl (C=O) groups is 2. The summed E-state index contributed by atoms with van der Waals surface area (Å²) in [5, 5.41) is 6.58. The summed E-state index contributed by atoms with van der Waals surface area (Å²) in [6.45, 7) is 1.90. The second-order valence-electron chi connectivity index (χ2n) is 4.16. The number of carbonyl (C=O) groups excluding carboxylic acids is 2. The molecule has 0 saturated carbocycles. The summed E-state index contributed by atoms with van der Waals surface area (Å²) in [5.74, 6) is -0.697. The first-order valence-electron chi connectivity index (χ1n) is 5.91. The first kappa shape index (κ1) is 13.7. The molecule has 2 aromatic rings. The zero-order valence-electron chi connectivity index (χ0n) is 11.2. The number of amides is 1. The third-order valence-corrected chi connectivity index (χ3v) is 2.70. The quantitative estimate of drug-likeness (QED) is 0.841. The van der Waals surface area contributed by atoms with Crippen molar-refractivity contribution in [1.82, 2.24) is 14.8 Å². The van der Waals surface area contributed by atoms with E-state index >= 15 is 0 Å². The van der Waals surface area contributed by atoms with E-state index in [4.69, 9.17) is 0 Å². The monoisotopic (exact) mass is 274 g/mol. The van der Waals surface area contributed by atoms with Crippen molar-refractivity contribution in [3.63, 3.8) is 0 Å². The van der Waals surface area contributed by atoms with Crippen molar-refractivity contribution in [3.05, 3.63) is 42.0 Å². The van der Waals surface area contributed by atoms with Gasteiger partial charge in [0.25, 0.3) is 0 Å². The Labute approximate surface area is 115 Å². The summed E-state index contributed by atoms with van der Waals surface area (Å²) in [6, 6.07) is 4.98. The van der Waals surface area contributed by atoms with Crippen molar-refractivity contribution in [2.75, 3.05) is 12.4 Å². The molecule has 7 heteroatoms. The molecule has 0 fully saturated rings. The van der Waals surface area contributed by atoms with Gasteiger partial charge in [-0.15, -0.1) is 0 Å². The van der Waals surface area contributed by atoms with Crippen LogP contribution >= 0.6 is 0 Å². The summed E-state index contributed by atoms with van der Waals surface area (Å²) >= 11 is 0. The lowest BCUT2D eigenvalue weighted by atomic mass is 10.1. The van der Waals surface area contributed by atoms with Crippen LogP contribution in [-0.2, 0) is 16.1 Å². The fourth-order valence-electron chi connectivity index (χ4n) is 1.65. The zero-order valence-corrected chi connectivity index (χ0v) is 11.2. The maximum absolute atomic E-state index is 11.9. The van der Waals surface area contributed by atoms with Crippen LogP contribution in [0, 0.1) is 6.92 Å². The first-order valence-corrected chi connectivity index (χ1v) is 5.91. The second kappa shape index (κ2) is 5.96. The highest BCUT2D eigenvalue weighted by atomic mass is 16.5. The maximum atomic E-state index is 11.9. The second-order valence-corrected chi connectivity index (χ2v) is 4.16. The topological polar surface area (TPSA) is 86.1 Å². The van der Waals surface area contributed by atoms with E-state index < -0.39 is 5.97 Å². The number of aryl methyl sites for hydroxylation is 1. The summed E-state index contributed by atoms with van der Waals surface area (Å²) in [4.78, 5) is 27.1. The van der Waals surface area contributed by atoms with Crippen molar-refractivity contribution >= 4 is 17.6 Å². The number of nitrogens with one attached hydrogen (secondary N) is 1. The van der Waals surface area contributed by atoms with E-state index in [0.717, 1.165) is 5.56 Å². The molecule has 0 unspecified atom stereocenters. The van der Waals surface area contributed by atoms with E-state index in [9.17, 15) is 9.59 Å². The molecule has 1 amide bonds. The number of rotatable bonds is 4. The predicted octanol–water partition coefficient (Wildman–Crippen LogP) is 1.01. The molecule has 0 aliphatic heterocycles. The van der Waals surface area contributed by atoms with Gasteiger partial charge in [-0.25, -0.2) is 14.5 Å². The number of nitrogens with zero attached hydrogens (tertiary/aromatic N) is 3. The Kier molecular flexibility index (Phi) is 4.09. The van der Waals surface area contributed by atoms with Gasteiger partial charge in [-0.2, -0.15) is 5.10 Å². The van der Waals surface area contributed by atoms with Crippen molar-refractivity contribution < 1.29 is 14.3 Å². The highest BCUT2D eigenvalue weighted by molar-refractivity contribution is 5.95. The molecule has 0 saturated heterocycles. The summed E-state index contributed by atoms with van der Waals surface area (Å²) < 4.78 is 6.06. The van der Waals surface area contributed by atoms with Gasteiger partial charge in [0.15, 0.2) is 0 Å². The Morgan fingerprint density at radius 1 is 1.40 bits per heavy atom. The van der Waals surface area contributed by atoms with Crippen molar-refractivity contribution in [2.24, 2.45) is 0 Å². The zero-order chi connectivity index (χ0) is 14.5. The normalized spacial score (nSPS) is 10.1. The molecule has 20 heavy (non-hydrogen) atoms. The van der Waals surface area contributed by atoms with E-state index in [2.05, 4.69) is 20.1 Å². The lowest BCUT2D eigenvalue weighted by molar-refractivity contribution is -0.116. The molecule has 0 radical (unpaired) electrons. The van der Waals surface area contributed by atoms with Gasteiger partial charge in [0.2, 0.25) is 5.91 Å². The molecular weight excluding hydrogens is 260 g/mol. The molecule has 1 aromatic carbocycles. The fraction of sp³-hybridized carbons (Fsp3) is 0.231. The van der Waals surface area contributed by atoms with Gasteiger partial charge in [0.05, 0.1) is 12.7 Å². The van der Waals surface area contributed by atoms with Crippen LogP contribution in [0.15, 0.2) is 30.9 Å².